The average Bonchev–Trinajstić information content (AvgIpc) is 2.44. The van der Waals surface area contributed by atoms with Crippen molar-refractivity contribution in [2.75, 3.05) is 0 Å². The van der Waals surface area contributed by atoms with Gasteiger partial charge in [-0.3, -0.25) is 0 Å². The first-order valence-corrected chi connectivity index (χ1v) is 7.39. The monoisotopic (exact) mass is 278 g/mol. The Hall–Kier alpha value is -1.71. The molecule has 0 aromatic heterocycles. The molecule has 2 N–H and O–H groups in total. The lowest BCUT2D eigenvalue weighted by molar-refractivity contribution is 0.142. The van der Waals surface area contributed by atoms with Crippen LogP contribution in [0.4, 0.5) is 4.79 Å². The molecule has 0 aliphatic heterocycles. The van der Waals surface area contributed by atoms with Crippen LogP contribution in [0.25, 0.3) is 0 Å². The molecule has 0 heterocycles. The fourth-order valence-corrected chi connectivity index (χ4v) is 3.12. The van der Waals surface area contributed by atoms with Gasteiger partial charge < -0.3 is 14.9 Å². The Labute approximate surface area is 119 Å². The van der Waals surface area contributed by atoms with Crippen LogP contribution in [-0.4, -0.2) is 16.4 Å². The van der Waals surface area contributed by atoms with E-state index < -0.39 is 6.16 Å². The van der Waals surface area contributed by atoms with E-state index >= 15 is 0 Å². The zero-order valence-electron chi connectivity index (χ0n) is 11.9. The summed E-state index contributed by atoms with van der Waals surface area (Å²) in [7, 11) is 0. The van der Waals surface area contributed by atoms with E-state index in [-0.39, 0.29) is 11.5 Å². The quantitative estimate of drug-likeness (QED) is 0.630. The fourth-order valence-electron chi connectivity index (χ4n) is 3.12. The minimum absolute atomic E-state index is 0.00248. The molecule has 110 valence electrons. The molecular formula is C16H22O4. The zero-order valence-corrected chi connectivity index (χ0v) is 11.9. The maximum Gasteiger partial charge on any atom is 0.511 e. The van der Waals surface area contributed by atoms with E-state index in [2.05, 4.69) is 11.7 Å². The number of hydrogen-bond donors (Lipinski definition) is 2. The summed E-state index contributed by atoms with van der Waals surface area (Å²) < 4.78 is 4.64. The van der Waals surface area contributed by atoms with Crippen molar-refractivity contribution in [2.24, 2.45) is 0 Å². The van der Waals surface area contributed by atoms with Crippen molar-refractivity contribution < 1.29 is 19.7 Å². The largest absolute Gasteiger partial charge is 0.511 e. The Morgan fingerprint density at radius 2 is 2.00 bits per heavy atom. The first-order chi connectivity index (χ1) is 9.63. The maximum absolute atomic E-state index is 10.6. The van der Waals surface area contributed by atoms with Gasteiger partial charge in [0.2, 0.25) is 0 Å². The molecule has 0 unspecified atom stereocenters. The highest BCUT2D eigenvalue weighted by molar-refractivity contribution is 5.64. The standard InChI is InChI=1S/C16H22O4/c1-2-6-13-12(11-7-4-3-5-8-11)9-10-14(15(13)17)20-16(18)19/h9-11,17H,2-8H2,1H3,(H,18,19). The van der Waals surface area contributed by atoms with Gasteiger partial charge in [-0.05, 0) is 36.8 Å². The van der Waals surface area contributed by atoms with Gasteiger partial charge in [0.1, 0.15) is 0 Å². The van der Waals surface area contributed by atoms with E-state index in [4.69, 9.17) is 5.11 Å². The Kier molecular flexibility index (Phi) is 4.88. The lowest BCUT2D eigenvalue weighted by atomic mass is 9.81. The van der Waals surface area contributed by atoms with Crippen LogP contribution in [-0.2, 0) is 6.42 Å². The van der Waals surface area contributed by atoms with Crippen molar-refractivity contribution in [3.8, 4) is 11.5 Å². The number of rotatable bonds is 4. The van der Waals surface area contributed by atoms with Gasteiger partial charge in [0, 0.05) is 5.56 Å². The molecule has 0 saturated heterocycles. The third-order valence-electron chi connectivity index (χ3n) is 4.02. The highest BCUT2D eigenvalue weighted by Gasteiger charge is 2.22. The van der Waals surface area contributed by atoms with E-state index in [1.54, 1.807) is 6.07 Å². The van der Waals surface area contributed by atoms with Crippen LogP contribution >= 0.6 is 0 Å². The topological polar surface area (TPSA) is 66.8 Å². The zero-order chi connectivity index (χ0) is 14.5. The summed E-state index contributed by atoms with van der Waals surface area (Å²) >= 11 is 0. The van der Waals surface area contributed by atoms with Crippen LogP contribution in [0, 0.1) is 0 Å². The van der Waals surface area contributed by atoms with Gasteiger partial charge in [-0.2, -0.15) is 0 Å². The molecule has 0 atom stereocenters. The predicted octanol–water partition coefficient (Wildman–Crippen LogP) is 4.45. The minimum Gasteiger partial charge on any atom is -0.504 e. The molecule has 1 fully saturated rings. The Balaban J connectivity index is 2.35. The second-order valence-corrected chi connectivity index (χ2v) is 5.43. The highest BCUT2D eigenvalue weighted by atomic mass is 16.7. The molecule has 0 spiro atoms. The minimum atomic E-state index is -1.40. The second-order valence-electron chi connectivity index (χ2n) is 5.43. The molecule has 2 rings (SSSR count). The smallest absolute Gasteiger partial charge is 0.504 e. The van der Waals surface area contributed by atoms with Crippen LogP contribution in [0.1, 0.15) is 62.5 Å². The van der Waals surface area contributed by atoms with E-state index in [1.807, 2.05) is 6.07 Å². The second kappa shape index (κ2) is 6.64. The number of aromatic hydroxyl groups is 1. The van der Waals surface area contributed by atoms with E-state index in [0.29, 0.717) is 5.92 Å². The van der Waals surface area contributed by atoms with Crippen molar-refractivity contribution in [1.29, 1.82) is 0 Å². The summed E-state index contributed by atoms with van der Waals surface area (Å²) in [4.78, 5) is 10.6. The molecule has 0 bridgehead atoms. The van der Waals surface area contributed by atoms with Gasteiger partial charge in [-0.1, -0.05) is 38.7 Å². The molecule has 1 saturated carbocycles. The lowest BCUT2D eigenvalue weighted by Gasteiger charge is -2.25. The predicted molar refractivity (Wildman–Crippen MR) is 76.6 cm³/mol. The highest BCUT2D eigenvalue weighted by Crippen LogP contribution is 2.41. The Morgan fingerprint density at radius 3 is 2.60 bits per heavy atom. The Bertz CT molecular complexity index is 476. The Morgan fingerprint density at radius 1 is 1.30 bits per heavy atom. The summed E-state index contributed by atoms with van der Waals surface area (Å²) in [5.41, 5.74) is 2.03. The van der Waals surface area contributed by atoms with E-state index in [1.165, 1.54) is 24.8 Å². The van der Waals surface area contributed by atoms with E-state index in [9.17, 15) is 9.90 Å². The molecule has 1 aromatic carbocycles. The summed E-state index contributed by atoms with van der Waals surface area (Å²) in [5.74, 6) is 0.521. The number of carboxylic acid groups (broad SMARTS) is 1. The molecule has 0 radical (unpaired) electrons. The van der Waals surface area contributed by atoms with E-state index in [0.717, 1.165) is 31.2 Å². The van der Waals surface area contributed by atoms with Gasteiger partial charge in [0.05, 0.1) is 0 Å². The number of ether oxygens (including phenoxy) is 1. The molecule has 1 aliphatic rings. The first kappa shape index (κ1) is 14.7. The van der Waals surface area contributed by atoms with Gasteiger partial charge >= 0.3 is 6.16 Å². The van der Waals surface area contributed by atoms with Crippen LogP contribution < -0.4 is 4.74 Å². The molecule has 0 amide bonds. The number of benzene rings is 1. The van der Waals surface area contributed by atoms with Crippen molar-refractivity contribution in [1.82, 2.24) is 0 Å². The van der Waals surface area contributed by atoms with Crippen molar-refractivity contribution in [3.05, 3.63) is 23.3 Å². The van der Waals surface area contributed by atoms with Crippen LogP contribution in [0.3, 0.4) is 0 Å². The van der Waals surface area contributed by atoms with Crippen LogP contribution in [0.2, 0.25) is 0 Å². The molecule has 4 nitrogen and oxygen atoms in total. The summed E-state index contributed by atoms with van der Waals surface area (Å²) in [6.07, 6.45) is 6.29. The first-order valence-electron chi connectivity index (χ1n) is 7.39. The number of phenolic OH excluding ortho intramolecular Hbond substituents is 1. The SMILES string of the molecule is CCCc1c(C2CCCCC2)ccc(OC(=O)O)c1O. The lowest BCUT2D eigenvalue weighted by Crippen LogP contribution is -2.09. The number of carbonyl (C=O) groups is 1. The fraction of sp³-hybridized carbons (Fsp3) is 0.562. The third kappa shape index (κ3) is 3.24. The summed E-state index contributed by atoms with van der Waals surface area (Å²) in [5, 5.41) is 19.0. The van der Waals surface area contributed by atoms with Gasteiger partial charge in [-0.25, -0.2) is 4.79 Å². The average molecular weight is 278 g/mol. The summed E-state index contributed by atoms with van der Waals surface area (Å²) in [6.45, 7) is 2.05. The number of phenols is 1. The summed E-state index contributed by atoms with van der Waals surface area (Å²) in [6, 6.07) is 3.51. The van der Waals surface area contributed by atoms with Crippen molar-refractivity contribution in [3.63, 3.8) is 0 Å². The third-order valence-corrected chi connectivity index (χ3v) is 4.02. The van der Waals surface area contributed by atoms with Crippen LogP contribution in [0.5, 0.6) is 11.5 Å². The van der Waals surface area contributed by atoms with Gasteiger partial charge in [0.15, 0.2) is 11.5 Å². The molecule has 1 aliphatic carbocycles. The van der Waals surface area contributed by atoms with Crippen molar-refractivity contribution in [2.45, 2.75) is 57.8 Å². The van der Waals surface area contributed by atoms with Gasteiger partial charge in [0.25, 0.3) is 0 Å². The molecule has 4 heteroatoms. The molecule has 1 aromatic rings. The number of hydrogen-bond acceptors (Lipinski definition) is 3. The van der Waals surface area contributed by atoms with Crippen molar-refractivity contribution >= 4 is 6.16 Å². The van der Waals surface area contributed by atoms with Crippen LogP contribution in [0.15, 0.2) is 12.1 Å². The molecular weight excluding hydrogens is 256 g/mol. The molecule has 20 heavy (non-hydrogen) atoms. The maximum atomic E-state index is 10.6. The normalized spacial score (nSPS) is 16.1. The van der Waals surface area contributed by atoms with Gasteiger partial charge in [-0.15, -0.1) is 0 Å².